The van der Waals surface area contributed by atoms with E-state index in [-0.39, 0.29) is 14.9 Å². The Morgan fingerprint density at radius 3 is 0.443 bits per heavy atom. The van der Waals surface area contributed by atoms with Gasteiger partial charge >= 0.3 is 0 Å². The van der Waals surface area contributed by atoms with Crippen molar-refractivity contribution >= 4 is 121 Å². The van der Waals surface area contributed by atoms with Crippen molar-refractivity contribution in [3.63, 3.8) is 0 Å². The molecule has 0 amide bonds. The van der Waals surface area contributed by atoms with E-state index >= 15 is 0 Å². The van der Waals surface area contributed by atoms with E-state index in [1.807, 2.05) is 0 Å². The van der Waals surface area contributed by atoms with Gasteiger partial charge in [0.05, 0.1) is 44.1 Å². The van der Waals surface area contributed by atoms with Gasteiger partial charge in [-0.15, -0.1) is 0 Å². The van der Waals surface area contributed by atoms with Crippen LogP contribution < -0.4 is 9.80 Å². The molecule has 664 valence electrons. The zero-order chi connectivity index (χ0) is 91.4. The maximum Gasteiger partial charge on any atom is 0.0541 e. The van der Waals surface area contributed by atoms with E-state index in [1.54, 1.807) is 0 Å². The summed E-state index contributed by atoms with van der Waals surface area (Å²) in [6.07, 6.45) is 0. The van der Waals surface area contributed by atoms with Gasteiger partial charge in [0.1, 0.15) is 0 Å². The molecule has 0 bridgehead atoms. The smallest absolute Gasteiger partial charge is 0.0541 e. The summed E-state index contributed by atoms with van der Waals surface area (Å²) in [5, 5.41) is 9.96. The molecule has 0 saturated carbocycles. The Kier molecular flexibility index (Phi) is 22.8. The van der Waals surface area contributed by atoms with Crippen LogP contribution in [0.3, 0.4) is 0 Å². The SMILES string of the molecule is C.C.c1ccc(-n2c3ccccc3c3cc(-c4ccc(-c5ccc6c(c5)c5cc(-c7ccc(-c8ccc9c(c8)c8ccccc8n9-c8ccccc8)cc7)ccc5n6-c5ccccc5)cc4)ccc32)cc1.c1ccc(N(c2ccccc2)c2ccc(-c3ccc(-c4ccc5c(c4)c4cc(-c6ccc(-c7ccc(N(c8ccccc8)c8ccccc8)cc7)cc6)ccc4n5-c4ccccc4)cc3)cc2)cc1. The predicted molar refractivity (Wildman–Crippen MR) is 597 cm³/mol. The average Bonchev–Trinajstić information content (AvgIpc) is 1.58. The zero-order valence-corrected chi connectivity index (χ0v) is 75.6. The quantitative estimate of drug-likeness (QED) is 0.0856. The fourth-order valence-corrected chi connectivity index (χ4v) is 20.7. The summed E-state index contributed by atoms with van der Waals surface area (Å²) in [6.45, 7) is 0. The van der Waals surface area contributed by atoms with Crippen LogP contribution in [0.5, 0.6) is 0 Å². The predicted octanol–water partition coefficient (Wildman–Crippen LogP) is 37.3. The monoisotopic (exact) mass is 1790 g/mol. The Balaban J connectivity index is 0.000000154. The Bertz CT molecular complexity index is 8390. The minimum absolute atomic E-state index is 0. The molecule has 0 aliphatic carbocycles. The van der Waals surface area contributed by atoms with Gasteiger partial charge in [-0.2, -0.15) is 0 Å². The molecule has 4 aromatic heterocycles. The van der Waals surface area contributed by atoms with Gasteiger partial charge in [0.25, 0.3) is 0 Å². The number of rotatable bonds is 18. The van der Waals surface area contributed by atoms with Crippen LogP contribution in [0.2, 0.25) is 0 Å². The van der Waals surface area contributed by atoms with Gasteiger partial charge in [-0.1, -0.05) is 355 Å². The topological polar surface area (TPSA) is 26.2 Å². The van der Waals surface area contributed by atoms with E-state index in [1.165, 1.54) is 188 Å². The lowest BCUT2D eigenvalue weighted by Crippen LogP contribution is -2.09. The molecular formula is C134H98N6. The highest BCUT2D eigenvalue weighted by molar-refractivity contribution is 6.15. The van der Waals surface area contributed by atoms with E-state index in [2.05, 4.69) is 574 Å². The summed E-state index contributed by atoms with van der Waals surface area (Å²) in [5.74, 6) is 0. The summed E-state index contributed by atoms with van der Waals surface area (Å²) in [5.41, 5.74) is 40.1. The van der Waals surface area contributed by atoms with Crippen molar-refractivity contribution in [2.24, 2.45) is 0 Å². The largest absolute Gasteiger partial charge is 0.311 e. The molecule has 0 saturated heterocycles. The number of para-hydroxylation sites is 10. The fraction of sp³-hybridized carbons (Fsp3) is 0.0149. The minimum Gasteiger partial charge on any atom is -0.311 e. The summed E-state index contributed by atoms with van der Waals surface area (Å²) in [7, 11) is 0. The molecule has 0 atom stereocenters. The van der Waals surface area contributed by atoms with Gasteiger partial charge in [0.2, 0.25) is 0 Å². The third-order valence-corrected chi connectivity index (χ3v) is 27.4. The fourth-order valence-electron chi connectivity index (χ4n) is 20.7. The van der Waals surface area contributed by atoms with Crippen molar-refractivity contribution in [2.45, 2.75) is 14.9 Å². The Hall–Kier alpha value is -18.4. The van der Waals surface area contributed by atoms with Crippen LogP contribution in [0.4, 0.5) is 34.1 Å². The highest BCUT2D eigenvalue weighted by Gasteiger charge is 2.23. The van der Waals surface area contributed by atoms with Crippen LogP contribution in [0.15, 0.2) is 546 Å². The summed E-state index contributed by atoms with van der Waals surface area (Å²) in [4.78, 5) is 4.59. The molecule has 0 spiro atoms. The van der Waals surface area contributed by atoms with Crippen molar-refractivity contribution in [2.75, 3.05) is 9.80 Å². The number of aromatic nitrogens is 4. The number of hydrogen-bond donors (Lipinski definition) is 0. The first-order valence-electron chi connectivity index (χ1n) is 47.3. The minimum atomic E-state index is 0. The van der Waals surface area contributed by atoms with Crippen molar-refractivity contribution in [1.29, 1.82) is 0 Å². The molecule has 22 aromatic carbocycles. The molecule has 0 fully saturated rings. The van der Waals surface area contributed by atoms with E-state index in [9.17, 15) is 0 Å². The maximum absolute atomic E-state index is 2.40. The number of anilines is 6. The van der Waals surface area contributed by atoms with E-state index in [0.717, 1.165) is 45.5 Å². The summed E-state index contributed by atoms with van der Waals surface area (Å²) < 4.78 is 9.54. The first-order chi connectivity index (χ1) is 68.4. The highest BCUT2D eigenvalue weighted by Crippen LogP contribution is 2.46. The van der Waals surface area contributed by atoms with Crippen molar-refractivity contribution < 1.29 is 0 Å². The van der Waals surface area contributed by atoms with E-state index < -0.39 is 0 Å². The molecule has 4 heterocycles. The molecule has 0 aliphatic heterocycles. The van der Waals surface area contributed by atoms with E-state index in [0.29, 0.717) is 0 Å². The van der Waals surface area contributed by atoms with Crippen LogP contribution in [0.1, 0.15) is 14.9 Å². The van der Waals surface area contributed by atoms with Crippen LogP contribution >= 0.6 is 0 Å². The Labute approximate surface area is 816 Å². The number of fused-ring (bicyclic) bond motifs is 12. The molecule has 6 heteroatoms. The first kappa shape index (κ1) is 85.8. The lowest BCUT2D eigenvalue weighted by Gasteiger charge is -2.25. The number of hydrogen-bond acceptors (Lipinski definition) is 2. The Morgan fingerprint density at radius 2 is 0.243 bits per heavy atom. The van der Waals surface area contributed by atoms with Crippen LogP contribution in [-0.2, 0) is 0 Å². The second kappa shape index (κ2) is 37.1. The molecule has 6 nitrogen and oxygen atoms in total. The van der Waals surface area contributed by atoms with Crippen LogP contribution in [0.25, 0.3) is 199 Å². The van der Waals surface area contributed by atoms with Crippen LogP contribution in [0, 0.1) is 0 Å². The third kappa shape index (κ3) is 15.9. The lowest BCUT2D eigenvalue weighted by molar-refractivity contribution is 1.18. The van der Waals surface area contributed by atoms with Gasteiger partial charge in [0.15, 0.2) is 0 Å². The normalized spacial score (nSPS) is 11.3. The second-order valence-corrected chi connectivity index (χ2v) is 35.5. The highest BCUT2D eigenvalue weighted by atomic mass is 15.1. The molecule has 0 unspecified atom stereocenters. The van der Waals surface area contributed by atoms with Gasteiger partial charge in [-0.3, -0.25) is 0 Å². The zero-order valence-electron chi connectivity index (χ0n) is 75.6. The standard InChI is InChI=1S/C66H43N3.C66H47N3.2CH4/c1-4-14-52(15-5-1)67-61-22-12-10-20-55(61)57-40-48(32-36-63(57)67)44-24-28-46(29-25-44)50-34-38-65-59(42-50)60-43-51(35-39-66(60)69(65)54-18-8-3-9-19-54)47-30-26-45(27-31-47)49-33-37-64-58(41-49)56-21-11-13-23-62(56)68(64)53-16-6-2-7-17-53;1-6-16-56(17-7-1)67(57-18-8-2-9-19-57)61-40-34-50(35-41-61)48-26-30-52(31-27-48)54-38-44-65-63(46-54)64-47-55(39-45-66(64)69(65)60-24-14-5-15-25-60)53-32-28-49(29-33-53)51-36-42-62(43-37-51)68(58-20-10-3-11-21-58)59-22-12-4-13-23-59;;/h1-43H;1-47H;2*1H4. The Morgan fingerprint density at radius 1 is 0.107 bits per heavy atom. The van der Waals surface area contributed by atoms with Crippen molar-refractivity contribution in [1.82, 2.24) is 18.3 Å². The molecule has 26 aromatic rings. The molecule has 140 heavy (non-hydrogen) atoms. The molecule has 0 aliphatic rings. The average molecular weight is 1790 g/mol. The molecule has 0 N–H and O–H groups in total. The molecule has 26 rings (SSSR count). The van der Waals surface area contributed by atoms with Crippen molar-refractivity contribution in [3.8, 4) is 112 Å². The lowest BCUT2D eigenvalue weighted by atomic mass is 9.97. The van der Waals surface area contributed by atoms with Crippen LogP contribution in [-0.4, -0.2) is 18.3 Å². The number of nitrogens with zero attached hydrogens (tertiary/aromatic N) is 6. The third-order valence-electron chi connectivity index (χ3n) is 27.4. The van der Waals surface area contributed by atoms with Gasteiger partial charge in [-0.25, -0.2) is 0 Å². The maximum atomic E-state index is 2.40. The molecule has 0 radical (unpaired) electrons. The van der Waals surface area contributed by atoms with Gasteiger partial charge in [-0.05, 0) is 295 Å². The van der Waals surface area contributed by atoms with Gasteiger partial charge < -0.3 is 28.1 Å². The van der Waals surface area contributed by atoms with E-state index in [4.69, 9.17) is 0 Å². The van der Waals surface area contributed by atoms with Gasteiger partial charge in [0, 0.05) is 100.0 Å². The van der Waals surface area contributed by atoms with Crippen molar-refractivity contribution in [3.05, 3.63) is 546 Å². The second-order valence-electron chi connectivity index (χ2n) is 35.5. The number of benzene rings is 22. The first-order valence-corrected chi connectivity index (χ1v) is 47.3. The molecular weight excluding hydrogens is 1690 g/mol. The summed E-state index contributed by atoms with van der Waals surface area (Å²) >= 11 is 0. The summed E-state index contributed by atoms with van der Waals surface area (Å²) in [6, 6.07) is 198.